The van der Waals surface area contributed by atoms with Crippen molar-refractivity contribution >= 4 is 17.7 Å². The number of nitrogens with two attached hydrogens (primary N) is 1. The highest BCUT2D eigenvalue weighted by molar-refractivity contribution is 7.99. The summed E-state index contributed by atoms with van der Waals surface area (Å²) in [6.07, 6.45) is 1.38. The van der Waals surface area contributed by atoms with E-state index in [0.29, 0.717) is 13.0 Å². The number of amides is 1. The molecule has 1 saturated heterocycles. The van der Waals surface area contributed by atoms with E-state index >= 15 is 0 Å². The highest BCUT2D eigenvalue weighted by atomic mass is 32.2. The van der Waals surface area contributed by atoms with Gasteiger partial charge in [0.25, 0.3) is 0 Å². The second-order valence-corrected chi connectivity index (χ2v) is 4.87. The Labute approximate surface area is 95.5 Å². The molecule has 1 aliphatic heterocycles. The number of thioether (sulfide) groups is 1. The molecule has 0 bridgehead atoms. The van der Waals surface area contributed by atoms with Crippen molar-refractivity contribution in [1.82, 2.24) is 4.90 Å². The van der Waals surface area contributed by atoms with Crippen molar-refractivity contribution in [3.05, 3.63) is 0 Å². The predicted molar refractivity (Wildman–Crippen MR) is 63.0 cm³/mol. The van der Waals surface area contributed by atoms with Gasteiger partial charge in [-0.15, -0.1) is 0 Å². The second kappa shape index (κ2) is 7.09. The van der Waals surface area contributed by atoms with E-state index in [1.54, 1.807) is 7.11 Å². The summed E-state index contributed by atoms with van der Waals surface area (Å²) < 4.78 is 5.11. The molecule has 1 atom stereocenters. The van der Waals surface area contributed by atoms with Gasteiger partial charge in [-0.05, 0) is 12.2 Å². The van der Waals surface area contributed by atoms with Crippen molar-refractivity contribution in [2.45, 2.75) is 18.9 Å². The summed E-state index contributed by atoms with van der Waals surface area (Å²) in [5.41, 5.74) is 5.49. The minimum absolute atomic E-state index is 0.131. The molecule has 0 aromatic carbocycles. The average Bonchev–Trinajstić information content (AvgIpc) is 2.54. The topological polar surface area (TPSA) is 55.6 Å². The first kappa shape index (κ1) is 12.8. The molecule has 1 unspecified atom stereocenters. The Kier molecular flexibility index (Phi) is 6.05. The smallest absolute Gasteiger partial charge is 0.225 e. The van der Waals surface area contributed by atoms with Gasteiger partial charge < -0.3 is 15.4 Å². The number of hydrogen-bond donors (Lipinski definition) is 1. The van der Waals surface area contributed by atoms with Crippen molar-refractivity contribution in [1.29, 1.82) is 0 Å². The quantitative estimate of drug-likeness (QED) is 0.758. The number of rotatable bonds is 4. The first-order valence-electron chi connectivity index (χ1n) is 5.36. The third kappa shape index (κ3) is 4.40. The molecule has 1 amide bonds. The maximum Gasteiger partial charge on any atom is 0.225 e. The monoisotopic (exact) mass is 232 g/mol. The summed E-state index contributed by atoms with van der Waals surface area (Å²) in [6, 6.07) is 0. The normalized spacial score (nSPS) is 19.7. The Hall–Kier alpha value is -0.260. The maximum absolute atomic E-state index is 11.9. The Morgan fingerprint density at radius 3 is 3.00 bits per heavy atom. The van der Waals surface area contributed by atoms with Crippen LogP contribution in [-0.2, 0) is 9.53 Å². The van der Waals surface area contributed by atoms with Crippen LogP contribution in [0.25, 0.3) is 0 Å². The molecule has 0 aromatic heterocycles. The van der Waals surface area contributed by atoms with E-state index in [4.69, 9.17) is 10.5 Å². The van der Waals surface area contributed by atoms with Gasteiger partial charge in [0.05, 0.1) is 12.5 Å². The van der Waals surface area contributed by atoms with Crippen LogP contribution in [0.1, 0.15) is 12.8 Å². The third-order valence-electron chi connectivity index (χ3n) is 2.57. The lowest BCUT2D eigenvalue weighted by atomic mass is 10.2. The Balaban J connectivity index is 2.36. The molecule has 0 spiro atoms. The molecule has 2 N–H and O–H groups in total. The highest BCUT2D eigenvalue weighted by Crippen LogP contribution is 2.11. The van der Waals surface area contributed by atoms with Gasteiger partial charge in [0.15, 0.2) is 0 Å². The van der Waals surface area contributed by atoms with Crippen molar-refractivity contribution in [2.75, 3.05) is 38.2 Å². The van der Waals surface area contributed by atoms with Gasteiger partial charge in [0, 0.05) is 32.5 Å². The lowest BCUT2D eigenvalue weighted by Crippen LogP contribution is -2.37. The fourth-order valence-electron chi connectivity index (χ4n) is 1.58. The van der Waals surface area contributed by atoms with E-state index in [9.17, 15) is 4.79 Å². The van der Waals surface area contributed by atoms with Gasteiger partial charge in [-0.1, -0.05) is 0 Å². The second-order valence-electron chi connectivity index (χ2n) is 3.64. The number of carbonyl (C=O) groups is 1. The molecular formula is C10H20N2O2S. The van der Waals surface area contributed by atoms with Gasteiger partial charge >= 0.3 is 0 Å². The minimum Gasteiger partial charge on any atom is -0.380 e. The molecule has 0 saturated carbocycles. The molecule has 1 aliphatic rings. The largest absolute Gasteiger partial charge is 0.380 e. The Bertz CT molecular complexity index is 190. The minimum atomic E-state index is -0.131. The molecule has 5 heteroatoms. The molecule has 0 aliphatic carbocycles. The molecule has 1 heterocycles. The van der Waals surface area contributed by atoms with Crippen molar-refractivity contribution in [3.63, 3.8) is 0 Å². The zero-order chi connectivity index (χ0) is 11.1. The van der Waals surface area contributed by atoms with E-state index in [1.165, 1.54) is 0 Å². The third-order valence-corrected chi connectivity index (χ3v) is 3.62. The molecule has 15 heavy (non-hydrogen) atoms. The molecule has 88 valence electrons. The van der Waals surface area contributed by atoms with Crippen LogP contribution in [0.5, 0.6) is 0 Å². The molecule has 1 rings (SSSR count). The SMILES string of the molecule is COC(CN)CC(=O)N1CCCSCC1. The Morgan fingerprint density at radius 2 is 2.33 bits per heavy atom. The van der Waals surface area contributed by atoms with Gasteiger partial charge in [0.2, 0.25) is 5.91 Å². The zero-order valence-corrected chi connectivity index (χ0v) is 10.1. The van der Waals surface area contributed by atoms with Crippen molar-refractivity contribution in [2.24, 2.45) is 5.73 Å². The van der Waals surface area contributed by atoms with Crippen LogP contribution in [0.2, 0.25) is 0 Å². The van der Waals surface area contributed by atoms with Crippen LogP contribution in [0, 0.1) is 0 Å². The van der Waals surface area contributed by atoms with Gasteiger partial charge in [-0.25, -0.2) is 0 Å². The van der Waals surface area contributed by atoms with Crippen LogP contribution < -0.4 is 5.73 Å². The van der Waals surface area contributed by atoms with Crippen molar-refractivity contribution < 1.29 is 9.53 Å². The highest BCUT2D eigenvalue weighted by Gasteiger charge is 2.19. The fraction of sp³-hybridized carbons (Fsp3) is 0.900. The fourth-order valence-corrected chi connectivity index (χ4v) is 2.47. The molecular weight excluding hydrogens is 212 g/mol. The van der Waals surface area contributed by atoms with E-state index in [2.05, 4.69) is 0 Å². The van der Waals surface area contributed by atoms with Crippen molar-refractivity contribution in [3.8, 4) is 0 Å². The van der Waals surface area contributed by atoms with E-state index in [1.807, 2.05) is 16.7 Å². The molecule has 1 fully saturated rings. The number of hydrogen-bond acceptors (Lipinski definition) is 4. The molecule has 0 radical (unpaired) electrons. The maximum atomic E-state index is 11.9. The van der Waals surface area contributed by atoms with E-state index in [-0.39, 0.29) is 12.0 Å². The van der Waals surface area contributed by atoms with E-state index < -0.39 is 0 Å². The number of carbonyl (C=O) groups excluding carboxylic acids is 1. The lowest BCUT2D eigenvalue weighted by molar-refractivity contribution is -0.133. The van der Waals surface area contributed by atoms with E-state index in [0.717, 1.165) is 31.0 Å². The van der Waals surface area contributed by atoms with Gasteiger partial charge in [0.1, 0.15) is 0 Å². The first-order valence-corrected chi connectivity index (χ1v) is 6.51. The van der Waals surface area contributed by atoms with Crippen LogP contribution >= 0.6 is 11.8 Å². The number of nitrogens with zero attached hydrogens (tertiary/aromatic N) is 1. The summed E-state index contributed by atoms with van der Waals surface area (Å²) in [4.78, 5) is 13.8. The first-order chi connectivity index (χ1) is 7.27. The standard InChI is InChI=1S/C10H20N2O2S/c1-14-9(8-11)7-10(13)12-3-2-5-15-6-4-12/h9H,2-8,11H2,1H3. The summed E-state index contributed by atoms with van der Waals surface area (Å²) in [6.45, 7) is 2.15. The number of methoxy groups -OCH3 is 1. The Morgan fingerprint density at radius 1 is 1.53 bits per heavy atom. The zero-order valence-electron chi connectivity index (χ0n) is 9.28. The van der Waals surface area contributed by atoms with Crippen LogP contribution in [0.15, 0.2) is 0 Å². The van der Waals surface area contributed by atoms with Crippen LogP contribution in [-0.4, -0.2) is 55.2 Å². The predicted octanol–water partition coefficient (Wildman–Crippen LogP) is 0.316. The van der Waals surface area contributed by atoms with Gasteiger partial charge in [-0.3, -0.25) is 4.79 Å². The summed E-state index contributed by atoms with van der Waals surface area (Å²) in [5.74, 6) is 2.38. The molecule has 0 aromatic rings. The summed E-state index contributed by atoms with van der Waals surface area (Å²) in [5, 5.41) is 0. The number of ether oxygens (including phenoxy) is 1. The summed E-state index contributed by atoms with van der Waals surface area (Å²) >= 11 is 1.92. The van der Waals surface area contributed by atoms with Gasteiger partial charge in [-0.2, -0.15) is 11.8 Å². The lowest BCUT2D eigenvalue weighted by Gasteiger charge is -2.22. The van der Waals surface area contributed by atoms with Crippen LogP contribution in [0.3, 0.4) is 0 Å². The summed E-state index contributed by atoms with van der Waals surface area (Å²) in [7, 11) is 1.60. The van der Waals surface area contributed by atoms with Crippen LogP contribution in [0.4, 0.5) is 0 Å². The molecule has 4 nitrogen and oxygen atoms in total. The average molecular weight is 232 g/mol.